The normalized spacial score (nSPS) is 10.8. The lowest BCUT2D eigenvalue weighted by atomic mass is 10.0. The summed E-state index contributed by atoms with van der Waals surface area (Å²) >= 11 is 0. The van der Waals surface area contributed by atoms with Gasteiger partial charge in [0.1, 0.15) is 17.8 Å². The minimum absolute atomic E-state index is 0.399. The number of nitrogen functional groups attached to an aromatic ring is 1. The fourth-order valence-corrected chi connectivity index (χ4v) is 2.29. The summed E-state index contributed by atoms with van der Waals surface area (Å²) in [6, 6.07) is 8.01. The van der Waals surface area contributed by atoms with E-state index in [1.54, 1.807) is 0 Å². The fourth-order valence-electron chi connectivity index (χ4n) is 2.29. The number of nitrogens with two attached hydrogens (primary N) is 1. The van der Waals surface area contributed by atoms with Gasteiger partial charge >= 0.3 is 0 Å². The Morgan fingerprint density at radius 2 is 1.87 bits per heavy atom. The molecule has 0 spiro atoms. The van der Waals surface area contributed by atoms with Crippen molar-refractivity contribution in [2.24, 2.45) is 0 Å². The van der Waals surface area contributed by atoms with Gasteiger partial charge in [0.15, 0.2) is 5.82 Å². The van der Waals surface area contributed by atoms with Crippen LogP contribution < -0.4 is 15.4 Å². The van der Waals surface area contributed by atoms with Crippen molar-refractivity contribution >= 4 is 11.5 Å². The van der Waals surface area contributed by atoms with E-state index >= 15 is 0 Å². The largest absolute Gasteiger partial charge is 0.437 e. The summed E-state index contributed by atoms with van der Waals surface area (Å²) in [4.78, 5) is 10.5. The first kappa shape index (κ1) is 17.1. The third kappa shape index (κ3) is 4.34. The summed E-state index contributed by atoms with van der Waals surface area (Å²) in [5, 5.41) is 0. The lowest BCUT2D eigenvalue weighted by Crippen LogP contribution is -2.21. The number of ether oxygens (including phenoxy) is 1. The number of hydrogen-bond donors (Lipinski definition) is 1. The van der Waals surface area contributed by atoms with Crippen LogP contribution in [0, 0.1) is 0 Å². The predicted molar refractivity (Wildman–Crippen MR) is 95.2 cm³/mol. The van der Waals surface area contributed by atoms with Crippen molar-refractivity contribution in [2.75, 3.05) is 24.2 Å². The molecule has 0 unspecified atom stereocenters. The van der Waals surface area contributed by atoms with E-state index in [1.807, 2.05) is 24.1 Å². The second-order valence-corrected chi connectivity index (χ2v) is 6.02. The predicted octanol–water partition coefficient (Wildman–Crippen LogP) is 4.21. The van der Waals surface area contributed by atoms with Gasteiger partial charge in [-0.25, -0.2) is 4.98 Å². The van der Waals surface area contributed by atoms with Crippen molar-refractivity contribution in [1.82, 2.24) is 9.97 Å². The first-order valence-corrected chi connectivity index (χ1v) is 8.12. The standard InChI is InChI=1S/C18H26N4O/c1-5-6-11-22(4)17-16(19)18(21-12-20-17)23-15-9-7-14(8-10-15)13(2)3/h7-10,12-13H,5-6,11,19H2,1-4H3. The van der Waals surface area contributed by atoms with Gasteiger partial charge in [0, 0.05) is 13.6 Å². The molecule has 0 saturated carbocycles. The molecule has 124 valence electrons. The number of hydrogen-bond acceptors (Lipinski definition) is 5. The van der Waals surface area contributed by atoms with Crippen LogP contribution in [-0.4, -0.2) is 23.6 Å². The smallest absolute Gasteiger partial charge is 0.248 e. The number of anilines is 2. The van der Waals surface area contributed by atoms with E-state index in [4.69, 9.17) is 10.5 Å². The van der Waals surface area contributed by atoms with Crippen LogP contribution in [0.1, 0.15) is 45.1 Å². The Labute approximate surface area is 138 Å². The lowest BCUT2D eigenvalue weighted by Gasteiger charge is -2.20. The number of benzene rings is 1. The molecule has 5 heteroatoms. The van der Waals surface area contributed by atoms with E-state index in [9.17, 15) is 0 Å². The second kappa shape index (κ2) is 7.81. The summed E-state index contributed by atoms with van der Waals surface area (Å²) in [7, 11) is 1.98. The number of unbranched alkanes of at least 4 members (excludes halogenated alkanes) is 1. The Kier molecular flexibility index (Phi) is 5.79. The zero-order valence-corrected chi connectivity index (χ0v) is 14.4. The molecule has 0 aliphatic carbocycles. The SMILES string of the molecule is CCCCN(C)c1ncnc(Oc2ccc(C(C)C)cc2)c1N. The molecular weight excluding hydrogens is 288 g/mol. The van der Waals surface area contributed by atoms with Gasteiger partial charge in [0.05, 0.1) is 0 Å². The van der Waals surface area contributed by atoms with Crippen LogP contribution in [0.2, 0.25) is 0 Å². The first-order chi connectivity index (χ1) is 11.0. The Balaban J connectivity index is 2.17. The maximum atomic E-state index is 6.19. The third-order valence-electron chi connectivity index (χ3n) is 3.80. The molecule has 0 saturated heterocycles. The summed E-state index contributed by atoms with van der Waals surface area (Å²) in [6.45, 7) is 7.39. The maximum Gasteiger partial charge on any atom is 0.248 e. The van der Waals surface area contributed by atoms with Gasteiger partial charge in [-0.1, -0.05) is 39.3 Å². The Bertz CT molecular complexity index is 625. The van der Waals surface area contributed by atoms with Crippen molar-refractivity contribution in [1.29, 1.82) is 0 Å². The Hall–Kier alpha value is -2.30. The van der Waals surface area contributed by atoms with Gasteiger partial charge in [-0.15, -0.1) is 0 Å². The van der Waals surface area contributed by atoms with Crippen LogP contribution in [-0.2, 0) is 0 Å². The summed E-state index contributed by atoms with van der Waals surface area (Å²) in [5.41, 5.74) is 7.93. The highest BCUT2D eigenvalue weighted by Crippen LogP contribution is 2.31. The van der Waals surface area contributed by atoms with Crippen molar-refractivity contribution in [3.8, 4) is 11.6 Å². The molecule has 1 heterocycles. The molecule has 0 radical (unpaired) electrons. The van der Waals surface area contributed by atoms with Crippen LogP contribution in [0.3, 0.4) is 0 Å². The van der Waals surface area contributed by atoms with E-state index in [-0.39, 0.29) is 0 Å². The minimum Gasteiger partial charge on any atom is -0.437 e. The van der Waals surface area contributed by atoms with E-state index < -0.39 is 0 Å². The van der Waals surface area contributed by atoms with E-state index in [0.29, 0.717) is 23.3 Å². The van der Waals surface area contributed by atoms with Crippen LogP contribution in [0.25, 0.3) is 0 Å². The highest BCUT2D eigenvalue weighted by Gasteiger charge is 2.13. The molecule has 0 fully saturated rings. The van der Waals surface area contributed by atoms with Crippen molar-refractivity contribution < 1.29 is 4.74 Å². The molecule has 2 N–H and O–H groups in total. The third-order valence-corrected chi connectivity index (χ3v) is 3.80. The summed E-state index contributed by atoms with van der Waals surface area (Å²) in [6.07, 6.45) is 3.71. The minimum atomic E-state index is 0.399. The first-order valence-electron chi connectivity index (χ1n) is 8.12. The Morgan fingerprint density at radius 1 is 1.17 bits per heavy atom. The van der Waals surface area contributed by atoms with Crippen LogP contribution in [0.15, 0.2) is 30.6 Å². The lowest BCUT2D eigenvalue weighted by molar-refractivity contribution is 0.464. The molecule has 0 aliphatic rings. The van der Waals surface area contributed by atoms with Gasteiger partial charge in [-0.3, -0.25) is 0 Å². The average molecular weight is 314 g/mol. The molecule has 0 atom stereocenters. The van der Waals surface area contributed by atoms with Gasteiger partial charge < -0.3 is 15.4 Å². The fraction of sp³-hybridized carbons (Fsp3) is 0.444. The summed E-state index contributed by atoms with van der Waals surface area (Å²) < 4.78 is 5.84. The van der Waals surface area contributed by atoms with Crippen LogP contribution in [0.4, 0.5) is 11.5 Å². The van der Waals surface area contributed by atoms with E-state index in [2.05, 4.69) is 42.9 Å². The number of rotatable bonds is 7. The molecular formula is C18H26N4O. The molecule has 0 bridgehead atoms. The molecule has 1 aromatic carbocycles. The quantitative estimate of drug-likeness (QED) is 0.829. The highest BCUT2D eigenvalue weighted by atomic mass is 16.5. The maximum absolute atomic E-state index is 6.19. The molecule has 1 aromatic heterocycles. The molecule has 5 nitrogen and oxygen atoms in total. The van der Waals surface area contributed by atoms with Crippen molar-refractivity contribution in [3.63, 3.8) is 0 Å². The number of nitrogens with zero attached hydrogens (tertiary/aromatic N) is 3. The van der Waals surface area contributed by atoms with Gasteiger partial charge in [-0.2, -0.15) is 4.98 Å². The monoisotopic (exact) mass is 314 g/mol. The molecule has 2 rings (SSSR count). The van der Waals surface area contributed by atoms with Gasteiger partial charge in [-0.05, 0) is 30.0 Å². The zero-order chi connectivity index (χ0) is 16.8. The topological polar surface area (TPSA) is 64.3 Å². The molecule has 0 amide bonds. The molecule has 0 aliphatic heterocycles. The van der Waals surface area contributed by atoms with Crippen LogP contribution >= 0.6 is 0 Å². The van der Waals surface area contributed by atoms with Gasteiger partial charge in [0.25, 0.3) is 0 Å². The van der Waals surface area contributed by atoms with E-state index in [1.165, 1.54) is 11.9 Å². The molecule has 2 aromatic rings. The summed E-state index contributed by atoms with van der Waals surface area (Å²) in [5.74, 6) is 2.33. The average Bonchev–Trinajstić information content (AvgIpc) is 2.55. The van der Waals surface area contributed by atoms with Crippen molar-refractivity contribution in [2.45, 2.75) is 39.5 Å². The van der Waals surface area contributed by atoms with Gasteiger partial charge in [0.2, 0.25) is 5.88 Å². The van der Waals surface area contributed by atoms with Crippen LogP contribution in [0.5, 0.6) is 11.6 Å². The highest BCUT2D eigenvalue weighted by molar-refractivity contribution is 5.67. The zero-order valence-electron chi connectivity index (χ0n) is 14.4. The van der Waals surface area contributed by atoms with Crippen molar-refractivity contribution in [3.05, 3.63) is 36.2 Å². The Morgan fingerprint density at radius 3 is 2.48 bits per heavy atom. The van der Waals surface area contributed by atoms with E-state index in [0.717, 1.165) is 25.1 Å². The number of aromatic nitrogens is 2. The second-order valence-electron chi connectivity index (χ2n) is 6.02. The molecule has 23 heavy (non-hydrogen) atoms.